The fourth-order valence-corrected chi connectivity index (χ4v) is 1.63. The lowest BCUT2D eigenvalue weighted by molar-refractivity contribution is 0.0683. The van der Waals surface area contributed by atoms with Gasteiger partial charge >= 0.3 is 5.97 Å². The predicted octanol–water partition coefficient (Wildman–Crippen LogP) is 2.00. The number of carbonyl (C=O) groups is 1. The Labute approximate surface area is 115 Å². The number of aryl methyl sites for hydroxylation is 2. The van der Waals surface area contributed by atoms with Gasteiger partial charge in [0.1, 0.15) is 0 Å². The Morgan fingerprint density at radius 1 is 1.40 bits per heavy atom. The number of ether oxygens (including phenoxy) is 1. The van der Waals surface area contributed by atoms with Gasteiger partial charge in [0.25, 0.3) is 5.89 Å². The molecule has 20 heavy (non-hydrogen) atoms. The van der Waals surface area contributed by atoms with Crippen LogP contribution >= 0.6 is 0 Å². The maximum Gasteiger partial charge on any atom is 0.358 e. The third-order valence-corrected chi connectivity index (χ3v) is 2.53. The normalized spacial score (nSPS) is 10.5. The molecule has 106 valence electrons. The Morgan fingerprint density at radius 2 is 2.20 bits per heavy atom. The lowest BCUT2D eigenvalue weighted by atomic mass is 10.3. The van der Waals surface area contributed by atoms with Gasteiger partial charge in [-0.25, -0.2) is 9.78 Å². The van der Waals surface area contributed by atoms with Crippen molar-refractivity contribution in [3.8, 4) is 5.75 Å². The summed E-state index contributed by atoms with van der Waals surface area (Å²) in [6.45, 7) is 3.75. The van der Waals surface area contributed by atoms with Gasteiger partial charge in [-0.2, -0.15) is 4.98 Å². The molecular formula is C13H15N3O4. The summed E-state index contributed by atoms with van der Waals surface area (Å²) >= 11 is 0. The van der Waals surface area contributed by atoms with Crippen LogP contribution in [0.25, 0.3) is 0 Å². The fraction of sp³-hybridized carbons (Fsp3) is 0.385. The van der Waals surface area contributed by atoms with Crippen LogP contribution in [0.15, 0.2) is 16.7 Å². The molecule has 0 atom stereocenters. The van der Waals surface area contributed by atoms with Crippen molar-refractivity contribution < 1.29 is 19.2 Å². The highest BCUT2D eigenvalue weighted by atomic mass is 16.5. The first-order chi connectivity index (χ1) is 9.60. The van der Waals surface area contributed by atoms with Gasteiger partial charge in [0, 0.05) is 12.1 Å². The van der Waals surface area contributed by atoms with Crippen LogP contribution in [0.1, 0.15) is 41.2 Å². The summed E-state index contributed by atoms with van der Waals surface area (Å²) in [5, 5.41) is 12.9. The number of rotatable bonds is 6. The van der Waals surface area contributed by atoms with Crippen LogP contribution in [0.5, 0.6) is 5.75 Å². The van der Waals surface area contributed by atoms with E-state index in [-0.39, 0.29) is 18.1 Å². The van der Waals surface area contributed by atoms with Gasteiger partial charge in [-0.05, 0) is 25.5 Å². The van der Waals surface area contributed by atoms with E-state index in [4.69, 9.17) is 14.4 Å². The van der Waals surface area contributed by atoms with Crippen molar-refractivity contribution in [3.63, 3.8) is 0 Å². The summed E-state index contributed by atoms with van der Waals surface area (Å²) in [4.78, 5) is 19.1. The van der Waals surface area contributed by atoms with Gasteiger partial charge in [-0.15, -0.1) is 0 Å². The number of carboxylic acids is 1. The Hall–Kier alpha value is -2.44. The molecule has 0 saturated carbocycles. The van der Waals surface area contributed by atoms with Crippen molar-refractivity contribution in [2.24, 2.45) is 0 Å². The second-order valence-corrected chi connectivity index (χ2v) is 4.25. The van der Waals surface area contributed by atoms with Crippen molar-refractivity contribution in [1.29, 1.82) is 0 Å². The van der Waals surface area contributed by atoms with E-state index in [0.717, 1.165) is 12.8 Å². The number of aromatic nitrogens is 3. The number of pyridine rings is 1. The summed E-state index contributed by atoms with van der Waals surface area (Å²) in [5.41, 5.74) is 0.482. The van der Waals surface area contributed by atoms with Crippen LogP contribution in [0, 0.1) is 6.92 Å². The molecule has 0 bridgehead atoms. The molecule has 2 aromatic heterocycles. The first kappa shape index (κ1) is 14.0. The molecule has 2 rings (SSSR count). The van der Waals surface area contributed by atoms with Gasteiger partial charge in [0.05, 0.1) is 0 Å². The molecule has 1 N–H and O–H groups in total. The van der Waals surface area contributed by atoms with Crippen LogP contribution in [-0.4, -0.2) is 26.2 Å². The molecule has 0 spiro atoms. The molecular weight excluding hydrogens is 262 g/mol. The van der Waals surface area contributed by atoms with E-state index in [9.17, 15) is 4.79 Å². The monoisotopic (exact) mass is 277 g/mol. The SMILES string of the molecule is CCCc1noc(COc2ccc(C)nc2C(=O)O)n1. The minimum atomic E-state index is -1.14. The van der Waals surface area contributed by atoms with Crippen molar-refractivity contribution in [1.82, 2.24) is 15.1 Å². The second-order valence-electron chi connectivity index (χ2n) is 4.25. The summed E-state index contributed by atoms with van der Waals surface area (Å²) < 4.78 is 10.4. The molecule has 7 heteroatoms. The van der Waals surface area contributed by atoms with Crippen LogP contribution in [0.3, 0.4) is 0 Å². The minimum Gasteiger partial charge on any atom is -0.481 e. The quantitative estimate of drug-likeness (QED) is 0.862. The fourth-order valence-electron chi connectivity index (χ4n) is 1.63. The van der Waals surface area contributed by atoms with Gasteiger partial charge < -0.3 is 14.4 Å². The number of nitrogens with zero attached hydrogens (tertiary/aromatic N) is 3. The molecule has 0 aromatic carbocycles. The molecule has 0 aliphatic rings. The molecule has 0 fully saturated rings. The number of carboxylic acid groups (broad SMARTS) is 1. The molecule has 0 amide bonds. The van der Waals surface area contributed by atoms with Crippen LogP contribution in [-0.2, 0) is 13.0 Å². The standard InChI is InChI=1S/C13H15N3O4/c1-3-4-10-15-11(20-16-10)7-19-9-6-5-8(2)14-12(9)13(17)18/h5-6H,3-4,7H2,1-2H3,(H,17,18). The van der Waals surface area contributed by atoms with Gasteiger partial charge in [-0.3, -0.25) is 0 Å². The maximum atomic E-state index is 11.1. The van der Waals surface area contributed by atoms with E-state index in [0.29, 0.717) is 17.4 Å². The van der Waals surface area contributed by atoms with Crippen molar-refractivity contribution in [3.05, 3.63) is 35.2 Å². The van der Waals surface area contributed by atoms with Crippen LogP contribution < -0.4 is 4.74 Å². The Bertz CT molecular complexity index is 609. The second kappa shape index (κ2) is 6.14. The molecule has 2 aromatic rings. The van der Waals surface area contributed by atoms with E-state index in [1.54, 1.807) is 19.1 Å². The molecule has 0 saturated heterocycles. The highest BCUT2D eigenvalue weighted by Crippen LogP contribution is 2.18. The van der Waals surface area contributed by atoms with E-state index in [1.165, 1.54) is 0 Å². The van der Waals surface area contributed by atoms with E-state index in [1.807, 2.05) is 6.92 Å². The first-order valence-electron chi connectivity index (χ1n) is 6.25. The first-order valence-corrected chi connectivity index (χ1v) is 6.25. The lowest BCUT2D eigenvalue weighted by Gasteiger charge is -2.06. The summed E-state index contributed by atoms with van der Waals surface area (Å²) in [7, 11) is 0. The zero-order valence-corrected chi connectivity index (χ0v) is 11.3. The molecule has 0 aliphatic heterocycles. The molecule has 0 unspecified atom stereocenters. The Balaban J connectivity index is 2.08. The zero-order valence-electron chi connectivity index (χ0n) is 11.3. The van der Waals surface area contributed by atoms with E-state index >= 15 is 0 Å². The average Bonchev–Trinajstić information content (AvgIpc) is 2.85. The van der Waals surface area contributed by atoms with Crippen molar-refractivity contribution >= 4 is 5.97 Å². The highest BCUT2D eigenvalue weighted by molar-refractivity contribution is 5.88. The largest absolute Gasteiger partial charge is 0.481 e. The van der Waals surface area contributed by atoms with Crippen molar-refractivity contribution in [2.45, 2.75) is 33.3 Å². The lowest BCUT2D eigenvalue weighted by Crippen LogP contribution is -2.07. The predicted molar refractivity (Wildman–Crippen MR) is 68.6 cm³/mol. The average molecular weight is 277 g/mol. The maximum absolute atomic E-state index is 11.1. The molecule has 0 aliphatic carbocycles. The minimum absolute atomic E-state index is 0.0156. The van der Waals surface area contributed by atoms with E-state index < -0.39 is 5.97 Å². The molecule has 7 nitrogen and oxygen atoms in total. The van der Waals surface area contributed by atoms with Crippen LogP contribution in [0.4, 0.5) is 0 Å². The zero-order chi connectivity index (χ0) is 14.5. The number of hydrogen-bond acceptors (Lipinski definition) is 6. The highest BCUT2D eigenvalue weighted by Gasteiger charge is 2.15. The third-order valence-electron chi connectivity index (χ3n) is 2.53. The topological polar surface area (TPSA) is 98.3 Å². The van der Waals surface area contributed by atoms with Gasteiger partial charge in [-0.1, -0.05) is 12.1 Å². The Morgan fingerprint density at radius 3 is 2.90 bits per heavy atom. The van der Waals surface area contributed by atoms with Crippen LogP contribution in [0.2, 0.25) is 0 Å². The summed E-state index contributed by atoms with van der Waals surface area (Å²) in [6.07, 6.45) is 1.65. The summed E-state index contributed by atoms with van der Waals surface area (Å²) in [6, 6.07) is 3.24. The smallest absolute Gasteiger partial charge is 0.358 e. The molecule has 2 heterocycles. The Kier molecular flexibility index (Phi) is 4.29. The summed E-state index contributed by atoms with van der Waals surface area (Å²) in [5.74, 6) is -0.0313. The number of aromatic carboxylic acids is 1. The van der Waals surface area contributed by atoms with Crippen molar-refractivity contribution in [2.75, 3.05) is 0 Å². The van der Waals surface area contributed by atoms with E-state index in [2.05, 4.69) is 15.1 Å². The van der Waals surface area contributed by atoms with Gasteiger partial charge in [0.2, 0.25) is 0 Å². The van der Waals surface area contributed by atoms with Gasteiger partial charge in [0.15, 0.2) is 23.9 Å². The third kappa shape index (κ3) is 3.31. The molecule has 0 radical (unpaired) electrons. The number of hydrogen-bond donors (Lipinski definition) is 1.